The maximum absolute atomic E-state index is 9.79. The summed E-state index contributed by atoms with van der Waals surface area (Å²) in [5, 5.41) is 13.3. The van der Waals surface area contributed by atoms with Crippen molar-refractivity contribution in [1.82, 2.24) is 5.32 Å². The van der Waals surface area contributed by atoms with Gasteiger partial charge in [-0.1, -0.05) is 42.0 Å². The Morgan fingerprint density at radius 3 is 2.10 bits per heavy atom. The average molecular weight is 269 g/mol. The molecule has 0 fully saturated rings. The average Bonchev–Trinajstić information content (AvgIpc) is 2.42. The third-order valence-electron chi connectivity index (χ3n) is 3.74. The zero-order valence-corrected chi connectivity index (χ0v) is 12.7. The van der Waals surface area contributed by atoms with Gasteiger partial charge in [0.05, 0.1) is 0 Å². The maximum Gasteiger partial charge on any atom is 0.121 e. The van der Waals surface area contributed by atoms with Crippen molar-refractivity contribution < 1.29 is 5.11 Å². The lowest BCUT2D eigenvalue weighted by Gasteiger charge is -2.15. The predicted molar refractivity (Wildman–Crippen MR) is 84.0 cm³/mol. The van der Waals surface area contributed by atoms with E-state index in [4.69, 9.17) is 0 Å². The molecule has 0 heterocycles. The summed E-state index contributed by atoms with van der Waals surface area (Å²) in [6, 6.07) is 13.0. The summed E-state index contributed by atoms with van der Waals surface area (Å²) in [5.74, 6) is 0.403. The largest absolute Gasteiger partial charge is 0.507 e. The molecule has 2 N–H and O–H groups in total. The number of hydrogen-bond donors (Lipinski definition) is 2. The molecule has 0 bridgehead atoms. The summed E-state index contributed by atoms with van der Waals surface area (Å²) >= 11 is 0. The first kappa shape index (κ1) is 14.6. The highest BCUT2D eigenvalue weighted by Gasteiger charge is 2.07. The van der Waals surface area contributed by atoms with Crippen LogP contribution in [0.25, 0.3) is 0 Å². The van der Waals surface area contributed by atoms with Gasteiger partial charge in [0.15, 0.2) is 0 Å². The molecule has 0 spiro atoms. The summed E-state index contributed by atoms with van der Waals surface area (Å²) in [4.78, 5) is 0. The fourth-order valence-electron chi connectivity index (χ4n) is 2.39. The van der Waals surface area contributed by atoms with Crippen molar-refractivity contribution in [3.05, 3.63) is 64.2 Å². The highest BCUT2D eigenvalue weighted by molar-refractivity contribution is 5.42. The van der Waals surface area contributed by atoms with Gasteiger partial charge >= 0.3 is 0 Å². The lowest BCUT2D eigenvalue weighted by atomic mass is 10.0. The third kappa shape index (κ3) is 3.40. The van der Waals surface area contributed by atoms with Gasteiger partial charge in [0.2, 0.25) is 0 Å². The number of rotatable bonds is 4. The summed E-state index contributed by atoms with van der Waals surface area (Å²) < 4.78 is 0. The Morgan fingerprint density at radius 1 is 1.00 bits per heavy atom. The molecule has 0 aliphatic heterocycles. The van der Waals surface area contributed by atoms with Crippen LogP contribution in [0.3, 0.4) is 0 Å². The molecule has 0 aliphatic carbocycles. The number of aryl methyl sites for hydroxylation is 3. The Morgan fingerprint density at radius 2 is 1.55 bits per heavy atom. The molecule has 106 valence electrons. The monoisotopic (exact) mass is 269 g/mol. The van der Waals surface area contributed by atoms with E-state index in [0.717, 1.165) is 17.7 Å². The molecule has 0 amide bonds. The van der Waals surface area contributed by atoms with E-state index in [1.54, 1.807) is 0 Å². The number of phenols is 1. The maximum atomic E-state index is 9.79. The fourth-order valence-corrected chi connectivity index (χ4v) is 2.39. The minimum Gasteiger partial charge on any atom is -0.507 e. The molecule has 0 saturated carbocycles. The lowest BCUT2D eigenvalue weighted by molar-refractivity contribution is 0.466. The second-order valence-electron chi connectivity index (χ2n) is 5.59. The van der Waals surface area contributed by atoms with Crippen LogP contribution in [0.1, 0.15) is 40.8 Å². The van der Waals surface area contributed by atoms with Crippen LogP contribution in [-0.4, -0.2) is 5.11 Å². The van der Waals surface area contributed by atoms with Crippen LogP contribution in [0, 0.1) is 20.8 Å². The van der Waals surface area contributed by atoms with E-state index in [1.807, 2.05) is 26.0 Å². The molecule has 0 unspecified atom stereocenters. The molecule has 2 nitrogen and oxygen atoms in total. The SMILES string of the molecule is Cc1ccc([C@@H](C)NCc2cc(C)c(O)c(C)c2)cc1. The number of phenolic OH excluding ortho intramolecular Hbond substituents is 1. The van der Waals surface area contributed by atoms with Crippen LogP contribution < -0.4 is 5.32 Å². The van der Waals surface area contributed by atoms with E-state index in [2.05, 4.69) is 43.4 Å². The van der Waals surface area contributed by atoms with Gasteiger partial charge in [0.1, 0.15) is 5.75 Å². The first-order valence-corrected chi connectivity index (χ1v) is 7.06. The lowest BCUT2D eigenvalue weighted by Crippen LogP contribution is -2.18. The second-order valence-corrected chi connectivity index (χ2v) is 5.59. The van der Waals surface area contributed by atoms with Crippen molar-refractivity contribution in [2.75, 3.05) is 0 Å². The number of hydrogen-bond acceptors (Lipinski definition) is 2. The Labute approximate surface area is 121 Å². The number of nitrogens with one attached hydrogen (secondary N) is 1. The molecule has 0 radical (unpaired) electrons. The number of aromatic hydroxyl groups is 1. The minimum absolute atomic E-state index is 0.310. The van der Waals surface area contributed by atoms with E-state index in [9.17, 15) is 5.11 Å². The van der Waals surface area contributed by atoms with Gasteiger partial charge in [-0.25, -0.2) is 0 Å². The summed E-state index contributed by atoms with van der Waals surface area (Å²) in [6.45, 7) is 8.95. The van der Waals surface area contributed by atoms with Crippen molar-refractivity contribution in [2.24, 2.45) is 0 Å². The highest BCUT2D eigenvalue weighted by atomic mass is 16.3. The molecule has 1 atom stereocenters. The van der Waals surface area contributed by atoms with Crippen molar-refractivity contribution in [2.45, 2.75) is 40.3 Å². The van der Waals surface area contributed by atoms with E-state index in [1.165, 1.54) is 16.7 Å². The molecule has 2 rings (SSSR count). The smallest absolute Gasteiger partial charge is 0.121 e. The summed E-state index contributed by atoms with van der Waals surface area (Å²) in [5.41, 5.74) is 5.65. The van der Waals surface area contributed by atoms with Crippen molar-refractivity contribution >= 4 is 0 Å². The van der Waals surface area contributed by atoms with E-state index >= 15 is 0 Å². The zero-order valence-electron chi connectivity index (χ0n) is 12.7. The Balaban J connectivity index is 2.03. The first-order chi connectivity index (χ1) is 9.47. The highest BCUT2D eigenvalue weighted by Crippen LogP contribution is 2.23. The zero-order chi connectivity index (χ0) is 14.7. The predicted octanol–water partition coefficient (Wildman–Crippen LogP) is 4.17. The van der Waals surface area contributed by atoms with Gasteiger partial charge in [0.25, 0.3) is 0 Å². The Hall–Kier alpha value is -1.80. The van der Waals surface area contributed by atoms with Gasteiger partial charge < -0.3 is 10.4 Å². The van der Waals surface area contributed by atoms with Crippen LogP contribution in [0.5, 0.6) is 5.75 Å². The van der Waals surface area contributed by atoms with Crippen LogP contribution in [-0.2, 0) is 6.54 Å². The van der Waals surface area contributed by atoms with Gasteiger partial charge in [-0.3, -0.25) is 0 Å². The molecule has 20 heavy (non-hydrogen) atoms. The van der Waals surface area contributed by atoms with Crippen LogP contribution in [0.4, 0.5) is 0 Å². The summed E-state index contributed by atoms with van der Waals surface area (Å²) in [6.07, 6.45) is 0. The first-order valence-electron chi connectivity index (χ1n) is 7.06. The van der Waals surface area contributed by atoms with E-state index < -0.39 is 0 Å². The standard InChI is InChI=1S/C18H23NO/c1-12-5-7-17(8-6-12)15(4)19-11-16-9-13(2)18(20)14(3)10-16/h5-10,15,19-20H,11H2,1-4H3/t15-/m1/s1. The molecule has 0 aromatic heterocycles. The molecule has 2 aromatic rings. The fraction of sp³-hybridized carbons (Fsp3) is 0.333. The quantitative estimate of drug-likeness (QED) is 0.873. The normalized spacial score (nSPS) is 12.4. The van der Waals surface area contributed by atoms with E-state index in [0.29, 0.717) is 11.8 Å². The Bertz CT molecular complexity index is 564. The van der Waals surface area contributed by atoms with Crippen LogP contribution in [0.15, 0.2) is 36.4 Å². The van der Waals surface area contributed by atoms with Gasteiger partial charge in [-0.15, -0.1) is 0 Å². The molecule has 0 saturated heterocycles. The third-order valence-corrected chi connectivity index (χ3v) is 3.74. The Kier molecular flexibility index (Phi) is 4.46. The topological polar surface area (TPSA) is 32.3 Å². The molecular formula is C18H23NO. The molecule has 2 aromatic carbocycles. The van der Waals surface area contributed by atoms with Gasteiger partial charge in [0, 0.05) is 12.6 Å². The summed E-state index contributed by atoms with van der Waals surface area (Å²) in [7, 11) is 0. The molecular weight excluding hydrogens is 246 g/mol. The van der Waals surface area contributed by atoms with Crippen molar-refractivity contribution in [3.63, 3.8) is 0 Å². The van der Waals surface area contributed by atoms with E-state index in [-0.39, 0.29) is 0 Å². The van der Waals surface area contributed by atoms with Crippen molar-refractivity contribution in [3.8, 4) is 5.75 Å². The van der Waals surface area contributed by atoms with Crippen molar-refractivity contribution in [1.29, 1.82) is 0 Å². The van der Waals surface area contributed by atoms with Crippen LogP contribution >= 0.6 is 0 Å². The second kappa shape index (κ2) is 6.10. The molecule has 2 heteroatoms. The van der Waals surface area contributed by atoms with Gasteiger partial charge in [-0.2, -0.15) is 0 Å². The van der Waals surface area contributed by atoms with Crippen LogP contribution in [0.2, 0.25) is 0 Å². The number of benzene rings is 2. The molecule has 0 aliphatic rings. The minimum atomic E-state index is 0.310. The van der Waals surface area contributed by atoms with Gasteiger partial charge in [-0.05, 0) is 49.9 Å².